The molecule has 1 fully saturated rings. The van der Waals surface area contributed by atoms with Crippen LogP contribution in [-0.2, 0) is 20.4 Å². The molecule has 0 bridgehead atoms. The second-order valence-electron chi connectivity index (χ2n) is 6.46. The molecule has 160 valence electrons. The number of amides is 1. The molecule has 0 aromatic heterocycles. The van der Waals surface area contributed by atoms with Gasteiger partial charge in [-0.15, -0.1) is 0 Å². The van der Waals surface area contributed by atoms with Gasteiger partial charge in [-0.1, -0.05) is 22.0 Å². The number of nitrogens with one attached hydrogen (secondary N) is 1. The fourth-order valence-electron chi connectivity index (χ4n) is 2.91. The molecular weight excluding hydrogens is 469 g/mol. The molecule has 0 atom stereocenters. The van der Waals surface area contributed by atoms with E-state index in [2.05, 4.69) is 21.2 Å². The normalized spacial score (nSPS) is 14.3. The molecule has 1 amide bonds. The maximum absolute atomic E-state index is 13.1. The van der Waals surface area contributed by atoms with E-state index in [4.69, 9.17) is 9.47 Å². The van der Waals surface area contributed by atoms with Crippen molar-refractivity contribution < 1.29 is 32.2 Å². The van der Waals surface area contributed by atoms with E-state index in [0.29, 0.717) is 36.5 Å². The largest absolute Gasteiger partial charge is 0.452 e. The number of halogens is 4. The van der Waals surface area contributed by atoms with E-state index in [1.807, 2.05) is 4.90 Å². The summed E-state index contributed by atoms with van der Waals surface area (Å²) >= 11 is 3.23. The minimum atomic E-state index is -4.56. The highest BCUT2D eigenvalue weighted by Crippen LogP contribution is 2.35. The van der Waals surface area contributed by atoms with Crippen LogP contribution in [0, 0.1) is 0 Å². The molecule has 0 aliphatic carbocycles. The van der Waals surface area contributed by atoms with Gasteiger partial charge in [0.2, 0.25) is 0 Å². The standard InChI is InChI=1S/C20H18BrF3N2O4/c21-15-3-1-2-13(10-15)19(28)30-12-18(27)25-16-11-14(20(22,23)24)4-5-17(16)26-6-8-29-9-7-26/h1-5,10-11H,6-9,12H2,(H,25,27). The molecule has 1 saturated heterocycles. The Labute approximate surface area is 179 Å². The van der Waals surface area contributed by atoms with Crippen LogP contribution >= 0.6 is 15.9 Å². The van der Waals surface area contributed by atoms with E-state index < -0.39 is 30.2 Å². The van der Waals surface area contributed by atoms with Crippen LogP contribution in [0.15, 0.2) is 46.9 Å². The van der Waals surface area contributed by atoms with E-state index in [1.54, 1.807) is 12.1 Å². The van der Waals surface area contributed by atoms with Gasteiger partial charge in [-0.2, -0.15) is 13.2 Å². The van der Waals surface area contributed by atoms with Crippen molar-refractivity contribution in [2.45, 2.75) is 6.18 Å². The smallest absolute Gasteiger partial charge is 0.416 e. The van der Waals surface area contributed by atoms with Crippen molar-refractivity contribution >= 4 is 39.2 Å². The van der Waals surface area contributed by atoms with E-state index in [9.17, 15) is 22.8 Å². The van der Waals surface area contributed by atoms with E-state index in [-0.39, 0.29) is 11.3 Å². The fourth-order valence-corrected chi connectivity index (χ4v) is 3.31. The van der Waals surface area contributed by atoms with E-state index in [1.165, 1.54) is 18.2 Å². The van der Waals surface area contributed by atoms with Crippen LogP contribution in [0.3, 0.4) is 0 Å². The van der Waals surface area contributed by atoms with Crippen LogP contribution in [0.2, 0.25) is 0 Å². The molecule has 10 heteroatoms. The second kappa shape index (κ2) is 9.48. The van der Waals surface area contributed by atoms with E-state index >= 15 is 0 Å². The zero-order valence-electron chi connectivity index (χ0n) is 15.7. The van der Waals surface area contributed by atoms with Crippen LogP contribution in [0.5, 0.6) is 0 Å². The number of hydrogen-bond donors (Lipinski definition) is 1. The Hall–Kier alpha value is -2.59. The first kappa shape index (κ1) is 22.1. The highest BCUT2D eigenvalue weighted by atomic mass is 79.9. The summed E-state index contributed by atoms with van der Waals surface area (Å²) in [4.78, 5) is 26.2. The summed E-state index contributed by atoms with van der Waals surface area (Å²) in [6.45, 7) is 1.18. The number of nitrogens with zero attached hydrogens (tertiary/aromatic N) is 1. The molecule has 1 aliphatic heterocycles. The van der Waals surface area contributed by atoms with Gasteiger partial charge in [-0.3, -0.25) is 4.79 Å². The molecule has 2 aromatic rings. The summed E-state index contributed by atoms with van der Waals surface area (Å²) in [6.07, 6.45) is -4.56. The summed E-state index contributed by atoms with van der Waals surface area (Å²) in [5.74, 6) is -1.46. The lowest BCUT2D eigenvalue weighted by Gasteiger charge is -2.31. The topological polar surface area (TPSA) is 67.9 Å². The Balaban J connectivity index is 1.72. The molecule has 1 N–H and O–H groups in total. The zero-order valence-corrected chi connectivity index (χ0v) is 17.3. The molecule has 0 spiro atoms. The van der Waals surface area contributed by atoms with Gasteiger partial charge in [0.15, 0.2) is 6.61 Å². The molecule has 0 saturated carbocycles. The summed E-state index contributed by atoms with van der Waals surface area (Å²) in [5.41, 5.74) is -0.209. The highest BCUT2D eigenvalue weighted by Gasteiger charge is 2.32. The van der Waals surface area contributed by atoms with Crippen LogP contribution in [0.1, 0.15) is 15.9 Å². The third-order valence-electron chi connectivity index (χ3n) is 4.34. The fraction of sp³-hybridized carbons (Fsp3) is 0.300. The van der Waals surface area contributed by atoms with Crippen molar-refractivity contribution in [2.75, 3.05) is 43.1 Å². The molecule has 0 radical (unpaired) electrons. The number of alkyl halides is 3. The van der Waals surface area contributed by atoms with Gasteiger partial charge in [0.05, 0.1) is 35.7 Å². The van der Waals surface area contributed by atoms with Crippen molar-refractivity contribution in [2.24, 2.45) is 0 Å². The Morgan fingerprint density at radius 3 is 2.53 bits per heavy atom. The lowest BCUT2D eigenvalue weighted by atomic mass is 10.1. The molecule has 1 aliphatic rings. The van der Waals surface area contributed by atoms with Crippen LogP contribution < -0.4 is 10.2 Å². The molecule has 1 heterocycles. The van der Waals surface area contributed by atoms with E-state index in [0.717, 1.165) is 12.1 Å². The minimum Gasteiger partial charge on any atom is -0.452 e. The molecule has 3 rings (SSSR count). The Morgan fingerprint density at radius 1 is 1.13 bits per heavy atom. The number of carbonyl (C=O) groups excluding carboxylic acids is 2. The van der Waals surface area contributed by atoms with Crippen molar-refractivity contribution in [3.05, 3.63) is 58.1 Å². The SMILES string of the molecule is O=C(COC(=O)c1cccc(Br)c1)Nc1cc(C(F)(F)F)ccc1N1CCOCC1. The summed E-state index contributed by atoms with van der Waals surface area (Å²) < 4.78 is 50.3. The first-order valence-electron chi connectivity index (χ1n) is 9.00. The number of benzene rings is 2. The third-order valence-corrected chi connectivity index (χ3v) is 4.84. The predicted octanol–water partition coefficient (Wildman–Crippen LogP) is 4.10. The molecule has 6 nitrogen and oxygen atoms in total. The monoisotopic (exact) mass is 486 g/mol. The zero-order chi connectivity index (χ0) is 21.7. The average Bonchev–Trinajstić information content (AvgIpc) is 2.72. The van der Waals surface area contributed by atoms with Crippen molar-refractivity contribution in [3.8, 4) is 0 Å². The number of morpholine rings is 1. The molecule has 2 aromatic carbocycles. The van der Waals surface area contributed by atoms with Gasteiger partial charge >= 0.3 is 12.1 Å². The lowest BCUT2D eigenvalue weighted by Crippen LogP contribution is -2.37. The Bertz CT molecular complexity index is 931. The predicted molar refractivity (Wildman–Crippen MR) is 108 cm³/mol. The van der Waals surface area contributed by atoms with Gasteiger partial charge in [0.25, 0.3) is 5.91 Å². The molecule has 0 unspecified atom stereocenters. The van der Waals surface area contributed by atoms with Gasteiger partial charge in [0, 0.05) is 17.6 Å². The summed E-state index contributed by atoms with van der Waals surface area (Å²) in [7, 11) is 0. The number of esters is 1. The number of rotatable bonds is 5. The molecular formula is C20H18BrF3N2O4. The van der Waals surface area contributed by atoms with Gasteiger partial charge in [0.1, 0.15) is 0 Å². The first-order valence-corrected chi connectivity index (χ1v) is 9.80. The second-order valence-corrected chi connectivity index (χ2v) is 7.38. The lowest BCUT2D eigenvalue weighted by molar-refractivity contribution is -0.137. The first-order chi connectivity index (χ1) is 14.2. The summed E-state index contributed by atoms with van der Waals surface area (Å²) in [5, 5.41) is 2.43. The quantitative estimate of drug-likeness (QED) is 0.644. The summed E-state index contributed by atoms with van der Waals surface area (Å²) in [6, 6.07) is 9.57. The van der Waals surface area contributed by atoms with Crippen LogP contribution in [-0.4, -0.2) is 44.8 Å². The number of carbonyl (C=O) groups is 2. The number of ether oxygens (including phenoxy) is 2. The van der Waals surface area contributed by atoms with Crippen molar-refractivity contribution in [1.29, 1.82) is 0 Å². The molecule has 30 heavy (non-hydrogen) atoms. The third kappa shape index (κ3) is 5.73. The van der Waals surface area contributed by atoms with Crippen molar-refractivity contribution in [1.82, 2.24) is 0 Å². The Morgan fingerprint density at radius 2 is 1.87 bits per heavy atom. The van der Waals surface area contributed by atoms with Gasteiger partial charge in [-0.25, -0.2) is 4.79 Å². The maximum atomic E-state index is 13.1. The number of hydrogen-bond acceptors (Lipinski definition) is 5. The maximum Gasteiger partial charge on any atom is 0.416 e. The van der Waals surface area contributed by atoms with Crippen LogP contribution in [0.4, 0.5) is 24.5 Å². The van der Waals surface area contributed by atoms with Crippen molar-refractivity contribution in [3.63, 3.8) is 0 Å². The van der Waals surface area contributed by atoms with Crippen LogP contribution in [0.25, 0.3) is 0 Å². The average molecular weight is 487 g/mol. The highest BCUT2D eigenvalue weighted by molar-refractivity contribution is 9.10. The van der Waals surface area contributed by atoms with Gasteiger partial charge in [-0.05, 0) is 36.4 Å². The van der Waals surface area contributed by atoms with Gasteiger partial charge < -0.3 is 19.7 Å². The Kier molecular flexibility index (Phi) is 6.99. The number of anilines is 2. The minimum absolute atomic E-state index is 0.00442.